The molecule has 1 heterocycles. The number of nitrogens with zero attached hydrogens (tertiary/aromatic N) is 5. The van der Waals surface area contributed by atoms with Gasteiger partial charge in [0.15, 0.2) is 11.0 Å². The molecule has 9 nitrogen and oxygen atoms in total. The van der Waals surface area contributed by atoms with Gasteiger partial charge in [-0.2, -0.15) is 0 Å². The van der Waals surface area contributed by atoms with Crippen molar-refractivity contribution in [2.24, 2.45) is 0 Å². The lowest BCUT2D eigenvalue weighted by molar-refractivity contribution is -0.394. The Morgan fingerprint density at radius 2 is 1.38 bits per heavy atom. The first-order valence-corrected chi connectivity index (χ1v) is 10.6. The highest BCUT2D eigenvalue weighted by Crippen LogP contribution is 2.30. The van der Waals surface area contributed by atoms with Crippen LogP contribution in [0.2, 0.25) is 0 Å². The zero-order valence-corrected chi connectivity index (χ0v) is 17.5. The number of nitro benzene ring substituents is 2. The van der Waals surface area contributed by atoms with Crippen LogP contribution in [-0.4, -0.2) is 24.6 Å². The molecule has 0 saturated heterocycles. The summed E-state index contributed by atoms with van der Waals surface area (Å²) >= 11 is 1.32. The third kappa shape index (κ3) is 4.81. The van der Waals surface area contributed by atoms with Crippen molar-refractivity contribution in [3.05, 3.63) is 110 Å². The van der Waals surface area contributed by atoms with Gasteiger partial charge < -0.3 is 0 Å². The van der Waals surface area contributed by atoms with Gasteiger partial charge in [0, 0.05) is 23.4 Å². The molecule has 0 aliphatic heterocycles. The minimum absolute atomic E-state index is 0.268. The lowest BCUT2D eigenvalue weighted by Crippen LogP contribution is -2.04. The summed E-state index contributed by atoms with van der Waals surface area (Å²) in [4.78, 5) is 21.1. The molecular formula is C22H17N5O4S. The zero-order chi connectivity index (χ0) is 22.5. The minimum atomic E-state index is -0.632. The van der Waals surface area contributed by atoms with E-state index >= 15 is 0 Å². The fourth-order valence-corrected chi connectivity index (χ4v) is 4.07. The molecule has 0 amide bonds. The largest absolute Gasteiger partial charge is 0.298 e. The van der Waals surface area contributed by atoms with Crippen molar-refractivity contribution in [2.45, 2.75) is 17.5 Å². The summed E-state index contributed by atoms with van der Waals surface area (Å²) in [6, 6.07) is 23.2. The van der Waals surface area contributed by atoms with E-state index in [1.807, 2.05) is 65.2 Å². The van der Waals surface area contributed by atoms with E-state index in [0.717, 1.165) is 17.2 Å². The van der Waals surface area contributed by atoms with Crippen LogP contribution in [0.3, 0.4) is 0 Å². The van der Waals surface area contributed by atoms with E-state index in [2.05, 4.69) is 10.2 Å². The second-order valence-corrected chi connectivity index (χ2v) is 7.85. The standard InChI is InChI=1S/C22H17N5O4S/c28-26(29)19-11-17(12-20(13-19)27(30)31)15-32-22-24-23-21(18-9-5-2-6-10-18)25(22)14-16-7-3-1-4-8-16/h1-13H,14-15H2. The van der Waals surface area contributed by atoms with E-state index in [9.17, 15) is 20.2 Å². The normalized spacial score (nSPS) is 10.8. The monoisotopic (exact) mass is 447 g/mol. The predicted molar refractivity (Wildman–Crippen MR) is 120 cm³/mol. The first kappa shape index (κ1) is 21.2. The number of non-ortho nitro benzene ring substituents is 2. The molecular weight excluding hydrogens is 430 g/mol. The van der Waals surface area contributed by atoms with Gasteiger partial charge in [-0.15, -0.1) is 10.2 Å². The highest BCUT2D eigenvalue weighted by atomic mass is 32.2. The summed E-state index contributed by atoms with van der Waals surface area (Å²) in [6.45, 7) is 0.537. The summed E-state index contributed by atoms with van der Waals surface area (Å²) in [5.74, 6) is 0.964. The number of thioether (sulfide) groups is 1. The molecule has 0 fully saturated rings. The van der Waals surface area contributed by atoms with Gasteiger partial charge in [-0.1, -0.05) is 72.4 Å². The Morgan fingerprint density at radius 3 is 1.97 bits per heavy atom. The Labute approximate surface area is 187 Å². The molecule has 160 valence electrons. The van der Waals surface area contributed by atoms with Crippen LogP contribution in [0.1, 0.15) is 11.1 Å². The number of aromatic nitrogens is 3. The predicted octanol–water partition coefficient (Wildman–Crippen LogP) is 5.10. The van der Waals surface area contributed by atoms with Crippen molar-refractivity contribution in [1.29, 1.82) is 0 Å². The Kier molecular flexibility index (Phi) is 6.22. The Morgan fingerprint density at radius 1 is 0.781 bits per heavy atom. The smallest absolute Gasteiger partial charge is 0.276 e. The van der Waals surface area contributed by atoms with E-state index in [1.165, 1.54) is 23.9 Å². The third-order valence-electron chi connectivity index (χ3n) is 4.68. The topological polar surface area (TPSA) is 117 Å². The van der Waals surface area contributed by atoms with Crippen molar-refractivity contribution in [2.75, 3.05) is 0 Å². The van der Waals surface area contributed by atoms with Gasteiger partial charge in [0.05, 0.1) is 22.5 Å². The number of hydrogen-bond donors (Lipinski definition) is 0. The molecule has 4 aromatic rings. The Balaban J connectivity index is 1.66. The fraction of sp³-hybridized carbons (Fsp3) is 0.0909. The number of rotatable bonds is 8. The van der Waals surface area contributed by atoms with E-state index in [4.69, 9.17) is 0 Å². The van der Waals surface area contributed by atoms with Crippen LogP contribution in [0, 0.1) is 20.2 Å². The van der Waals surface area contributed by atoms with Crippen molar-refractivity contribution >= 4 is 23.1 Å². The maximum Gasteiger partial charge on any atom is 0.276 e. The molecule has 0 N–H and O–H groups in total. The maximum absolute atomic E-state index is 11.2. The maximum atomic E-state index is 11.2. The Bertz CT molecular complexity index is 1230. The van der Waals surface area contributed by atoms with Crippen LogP contribution in [0.5, 0.6) is 0 Å². The minimum Gasteiger partial charge on any atom is -0.298 e. The van der Waals surface area contributed by atoms with Gasteiger partial charge in [0.25, 0.3) is 11.4 Å². The molecule has 0 spiro atoms. The summed E-state index contributed by atoms with van der Waals surface area (Å²) < 4.78 is 1.97. The van der Waals surface area contributed by atoms with E-state index in [1.54, 1.807) is 0 Å². The highest BCUT2D eigenvalue weighted by molar-refractivity contribution is 7.98. The van der Waals surface area contributed by atoms with Crippen LogP contribution in [0.4, 0.5) is 11.4 Å². The fourth-order valence-electron chi connectivity index (χ4n) is 3.20. The van der Waals surface area contributed by atoms with Crippen LogP contribution < -0.4 is 0 Å². The van der Waals surface area contributed by atoms with Gasteiger partial charge >= 0.3 is 0 Å². The van der Waals surface area contributed by atoms with Gasteiger partial charge in [0.2, 0.25) is 0 Å². The molecule has 1 aromatic heterocycles. The molecule has 3 aromatic carbocycles. The third-order valence-corrected chi connectivity index (χ3v) is 5.72. The van der Waals surface area contributed by atoms with Crippen LogP contribution >= 0.6 is 11.8 Å². The molecule has 0 bridgehead atoms. The van der Waals surface area contributed by atoms with Gasteiger partial charge in [-0.3, -0.25) is 24.8 Å². The lowest BCUT2D eigenvalue weighted by Gasteiger charge is -2.10. The molecule has 4 rings (SSSR count). The van der Waals surface area contributed by atoms with Crippen molar-refractivity contribution in [3.63, 3.8) is 0 Å². The lowest BCUT2D eigenvalue weighted by atomic mass is 10.2. The molecule has 0 saturated carbocycles. The highest BCUT2D eigenvalue weighted by Gasteiger charge is 2.19. The summed E-state index contributed by atoms with van der Waals surface area (Å²) in [5, 5.41) is 31.6. The van der Waals surface area contributed by atoms with Crippen LogP contribution in [0.25, 0.3) is 11.4 Å². The number of hydrogen-bond acceptors (Lipinski definition) is 7. The van der Waals surface area contributed by atoms with E-state index < -0.39 is 9.85 Å². The zero-order valence-electron chi connectivity index (χ0n) is 16.7. The second kappa shape index (κ2) is 9.40. The molecule has 32 heavy (non-hydrogen) atoms. The molecule has 0 atom stereocenters. The number of nitro groups is 2. The van der Waals surface area contributed by atoms with Gasteiger partial charge in [-0.25, -0.2) is 0 Å². The first-order valence-electron chi connectivity index (χ1n) is 9.59. The molecule has 10 heteroatoms. The summed E-state index contributed by atoms with van der Waals surface area (Å²) in [5.41, 5.74) is 1.81. The molecule has 0 unspecified atom stereocenters. The van der Waals surface area contributed by atoms with Gasteiger partial charge in [-0.05, 0) is 11.1 Å². The van der Waals surface area contributed by atoms with Crippen LogP contribution in [-0.2, 0) is 12.3 Å². The average molecular weight is 447 g/mol. The number of benzene rings is 3. The van der Waals surface area contributed by atoms with E-state index in [-0.39, 0.29) is 17.1 Å². The average Bonchev–Trinajstić information content (AvgIpc) is 3.21. The molecule has 0 radical (unpaired) electrons. The second-order valence-electron chi connectivity index (χ2n) is 6.90. The summed E-state index contributed by atoms with van der Waals surface area (Å²) in [7, 11) is 0. The quantitative estimate of drug-likeness (QED) is 0.209. The van der Waals surface area contributed by atoms with Gasteiger partial charge in [0.1, 0.15) is 0 Å². The van der Waals surface area contributed by atoms with Crippen molar-refractivity contribution in [1.82, 2.24) is 14.8 Å². The van der Waals surface area contributed by atoms with Crippen molar-refractivity contribution in [3.8, 4) is 11.4 Å². The van der Waals surface area contributed by atoms with E-state index in [0.29, 0.717) is 23.1 Å². The molecule has 0 aliphatic carbocycles. The van der Waals surface area contributed by atoms with Crippen LogP contribution in [0.15, 0.2) is 84.0 Å². The summed E-state index contributed by atoms with van der Waals surface area (Å²) in [6.07, 6.45) is 0. The van der Waals surface area contributed by atoms with Crippen molar-refractivity contribution < 1.29 is 9.85 Å². The molecule has 0 aliphatic rings. The SMILES string of the molecule is O=[N+]([O-])c1cc(CSc2nnc(-c3ccccc3)n2Cc2ccccc2)cc([N+](=O)[O-])c1. The Hall–Kier alpha value is -4.05. The first-order chi connectivity index (χ1) is 15.5.